The Balaban J connectivity index is 2.22. The predicted octanol–water partition coefficient (Wildman–Crippen LogP) is 3.46. The molecule has 0 bridgehead atoms. The fourth-order valence-corrected chi connectivity index (χ4v) is 1.95. The molecule has 0 amide bonds. The van der Waals surface area contributed by atoms with Gasteiger partial charge in [0.1, 0.15) is 16.5 Å². The van der Waals surface area contributed by atoms with Gasteiger partial charge < -0.3 is 0 Å². The highest BCUT2D eigenvalue weighted by atomic mass is 35.5. The van der Waals surface area contributed by atoms with E-state index in [2.05, 4.69) is 15.0 Å². The van der Waals surface area contributed by atoms with Crippen molar-refractivity contribution in [3.05, 3.63) is 47.6 Å². The molecule has 0 spiro atoms. The molecule has 8 heteroatoms. The topological polar surface area (TPSA) is 43.1 Å². The summed E-state index contributed by atoms with van der Waals surface area (Å²) >= 11 is 5.73. The van der Waals surface area contributed by atoms with Crippen molar-refractivity contribution in [1.82, 2.24) is 19.4 Å². The molecule has 0 aliphatic heterocycles. The molecule has 0 aliphatic carbocycles. The maximum atomic E-state index is 12.7. The Morgan fingerprint density at radius 1 is 1.10 bits per heavy atom. The highest BCUT2D eigenvalue weighted by Gasteiger charge is 2.31. The normalized spacial score (nSPS) is 12.0. The van der Waals surface area contributed by atoms with Crippen LogP contribution in [0, 0.1) is 0 Å². The van der Waals surface area contributed by atoms with Crippen molar-refractivity contribution < 1.29 is 13.2 Å². The number of fused-ring (bicyclic) bond motifs is 1. The summed E-state index contributed by atoms with van der Waals surface area (Å²) in [5.74, 6) is 0. The van der Waals surface area contributed by atoms with Crippen molar-refractivity contribution in [2.75, 3.05) is 0 Å². The van der Waals surface area contributed by atoms with Gasteiger partial charge in [-0.05, 0) is 12.1 Å². The maximum absolute atomic E-state index is 12.7. The number of pyridine rings is 1. The van der Waals surface area contributed by atoms with E-state index in [1.54, 1.807) is 0 Å². The molecule has 0 aliphatic rings. The third-order valence-electron chi connectivity index (χ3n) is 2.70. The van der Waals surface area contributed by atoms with Crippen molar-refractivity contribution in [3.63, 3.8) is 0 Å². The highest BCUT2D eigenvalue weighted by molar-refractivity contribution is 6.29. The Bertz CT molecular complexity index is 782. The second-order valence-corrected chi connectivity index (χ2v) is 4.40. The van der Waals surface area contributed by atoms with Gasteiger partial charge in [0, 0.05) is 6.20 Å². The molecule has 0 atom stereocenters. The van der Waals surface area contributed by atoms with E-state index in [0.29, 0.717) is 17.0 Å². The summed E-state index contributed by atoms with van der Waals surface area (Å²) in [5.41, 5.74) is 0.361. The lowest BCUT2D eigenvalue weighted by atomic mass is 10.2. The molecule has 3 rings (SSSR count). The smallest absolute Gasteiger partial charge is 0.298 e. The minimum Gasteiger partial charge on any atom is -0.298 e. The molecule has 3 aromatic rings. The lowest BCUT2D eigenvalue weighted by molar-refractivity contribution is -0.137. The standard InChI is InChI=1S/C12H6ClF3N4/c13-10-5-17-3-8(19-10)9-4-18-11-2-1-7(6-20(9)11)12(14,15)16/h1-6H. The zero-order valence-corrected chi connectivity index (χ0v) is 10.5. The summed E-state index contributed by atoms with van der Waals surface area (Å²) in [7, 11) is 0. The van der Waals surface area contributed by atoms with E-state index in [0.717, 1.165) is 12.3 Å². The zero-order chi connectivity index (χ0) is 14.3. The first-order valence-electron chi connectivity index (χ1n) is 5.47. The molecular weight excluding hydrogens is 293 g/mol. The Morgan fingerprint density at radius 2 is 1.90 bits per heavy atom. The maximum Gasteiger partial charge on any atom is 0.417 e. The van der Waals surface area contributed by atoms with Crippen molar-refractivity contribution in [2.24, 2.45) is 0 Å². The SMILES string of the molecule is FC(F)(F)c1ccc2ncc(-c3cncc(Cl)n3)n2c1. The number of hydrogen-bond acceptors (Lipinski definition) is 3. The van der Waals surface area contributed by atoms with E-state index in [1.165, 1.54) is 29.1 Å². The number of hydrogen-bond donors (Lipinski definition) is 0. The minimum atomic E-state index is -4.42. The fourth-order valence-electron chi connectivity index (χ4n) is 1.80. The number of nitrogens with zero attached hydrogens (tertiary/aromatic N) is 4. The van der Waals surface area contributed by atoms with Crippen molar-refractivity contribution in [2.45, 2.75) is 6.18 Å². The Kier molecular flexibility index (Phi) is 2.86. The van der Waals surface area contributed by atoms with E-state index in [-0.39, 0.29) is 5.15 Å². The fraction of sp³-hybridized carbons (Fsp3) is 0.0833. The molecule has 0 saturated carbocycles. The molecule has 0 unspecified atom stereocenters. The summed E-state index contributed by atoms with van der Waals surface area (Å²) in [6, 6.07) is 2.28. The average Bonchev–Trinajstić information content (AvgIpc) is 2.80. The van der Waals surface area contributed by atoms with Gasteiger partial charge in [0.2, 0.25) is 0 Å². The van der Waals surface area contributed by atoms with Gasteiger partial charge in [-0.15, -0.1) is 0 Å². The summed E-state index contributed by atoms with van der Waals surface area (Å²) in [6.45, 7) is 0. The lowest BCUT2D eigenvalue weighted by Gasteiger charge is -2.08. The third kappa shape index (κ3) is 2.20. The van der Waals surface area contributed by atoms with Crippen LogP contribution in [0.15, 0.2) is 36.9 Å². The van der Waals surface area contributed by atoms with Crippen molar-refractivity contribution in [1.29, 1.82) is 0 Å². The van der Waals surface area contributed by atoms with Gasteiger partial charge in [-0.2, -0.15) is 13.2 Å². The van der Waals surface area contributed by atoms with Crippen LogP contribution < -0.4 is 0 Å². The zero-order valence-electron chi connectivity index (χ0n) is 9.76. The molecule has 0 radical (unpaired) electrons. The minimum absolute atomic E-state index is 0.157. The van der Waals surface area contributed by atoms with E-state index in [1.807, 2.05) is 0 Å². The molecular formula is C12H6ClF3N4. The van der Waals surface area contributed by atoms with Gasteiger partial charge in [-0.1, -0.05) is 11.6 Å². The van der Waals surface area contributed by atoms with E-state index in [4.69, 9.17) is 11.6 Å². The first-order valence-corrected chi connectivity index (χ1v) is 5.85. The second-order valence-electron chi connectivity index (χ2n) is 4.01. The molecule has 0 aromatic carbocycles. The van der Waals surface area contributed by atoms with E-state index < -0.39 is 11.7 Å². The average molecular weight is 299 g/mol. The molecule has 102 valence electrons. The summed E-state index contributed by atoms with van der Waals surface area (Å²) in [6.07, 6.45) is 0.733. The molecule has 0 saturated heterocycles. The van der Waals surface area contributed by atoms with Crippen LogP contribution in [0.4, 0.5) is 13.2 Å². The van der Waals surface area contributed by atoms with Crippen LogP contribution >= 0.6 is 11.6 Å². The van der Waals surface area contributed by atoms with Crippen LogP contribution in [-0.2, 0) is 6.18 Å². The number of aromatic nitrogens is 4. The van der Waals surface area contributed by atoms with Gasteiger partial charge in [0.25, 0.3) is 0 Å². The Hall–Kier alpha value is -2.15. The Labute approximate surface area is 115 Å². The van der Waals surface area contributed by atoms with E-state index >= 15 is 0 Å². The number of rotatable bonds is 1. The van der Waals surface area contributed by atoms with Crippen LogP contribution in [-0.4, -0.2) is 19.4 Å². The molecule has 20 heavy (non-hydrogen) atoms. The van der Waals surface area contributed by atoms with Gasteiger partial charge >= 0.3 is 6.18 Å². The molecule has 3 heterocycles. The second kappa shape index (κ2) is 4.45. The van der Waals surface area contributed by atoms with Crippen LogP contribution in [0.1, 0.15) is 5.56 Å². The molecule has 3 aromatic heterocycles. The summed E-state index contributed by atoms with van der Waals surface area (Å²) < 4.78 is 39.5. The first kappa shape index (κ1) is 12.9. The van der Waals surface area contributed by atoms with Crippen molar-refractivity contribution >= 4 is 17.2 Å². The summed E-state index contributed by atoms with van der Waals surface area (Å²) in [5, 5.41) is 0.157. The van der Waals surface area contributed by atoms with Crippen LogP contribution in [0.3, 0.4) is 0 Å². The monoisotopic (exact) mass is 298 g/mol. The third-order valence-corrected chi connectivity index (χ3v) is 2.88. The van der Waals surface area contributed by atoms with E-state index in [9.17, 15) is 13.2 Å². The quantitative estimate of drug-likeness (QED) is 0.691. The van der Waals surface area contributed by atoms with Gasteiger partial charge in [0.05, 0.1) is 29.8 Å². The van der Waals surface area contributed by atoms with Crippen LogP contribution in [0.2, 0.25) is 5.15 Å². The lowest BCUT2D eigenvalue weighted by Crippen LogP contribution is -2.06. The van der Waals surface area contributed by atoms with Gasteiger partial charge in [-0.25, -0.2) is 9.97 Å². The Morgan fingerprint density at radius 3 is 2.60 bits per heavy atom. The number of alkyl halides is 3. The predicted molar refractivity (Wildman–Crippen MR) is 66.2 cm³/mol. The largest absolute Gasteiger partial charge is 0.417 e. The number of imidazole rings is 1. The number of halogens is 4. The molecule has 0 N–H and O–H groups in total. The molecule has 0 fully saturated rings. The first-order chi connectivity index (χ1) is 9.45. The van der Waals surface area contributed by atoms with Crippen LogP contribution in [0.25, 0.3) is 17.0 Å². The van der Waals surface area contributed by atoms with Crippen LogP contribution in [0.5, 0.6) is 0 Å². The van der Waals surface area contributed by atoms with Gasteiger partial charge in [0.15, 0.2) is 0 Å². The molecule has 4 nitrogen and oxygen atoms in total. The highest BCUT2D eigenvalue weighted by Crippen LogP contribution is 2.30. The van der Waals surface area contributed by atoms with Gasteiger partial charge in [-0.3, -0.25) is 9.38 Å². The summed E-state index contributed by atoms with van der Waals surface area (Å²) in [4.78, 5) is 11.9. The van der Waals surface area contributed by atoms with Crippen molar-refractivity contribution in [3.8, 4) is 11.4 Å².